The van der Waals surface area contributed by atoms with Crippen LogP contribution >= 0.6 is 11.8 Å². The highest BCUT2D eigenvalue weighted by atomic mass is 32.2. The molecular formula is C12H16F3N3S. The molecule has 7 heteroatoms. The van der Waals surface area contributed by atoms with Crippen molar-refractivity contribution in [2.45, 2.75) is 30.8 Å². The zero-order valence-corrected chi connectivity index (χ0v) is 11.5. The summed E-state index contributed by atoms with van der Waals surface area (Å²) in [4.78, 5) is 1.68. The van der Waals surface area contributed by atoms with Crippen molar-refractivity contribution in [3.05, 3.63) is 29.3 Å². The molecule has 0 aliphatic carbocycles. The monoisotopic (exact) mass is 291 g/mol. The summed E-state index contributed by atoms with van der Waals surface area (Å²) in [5, 5.41) is 7.40. The average Bonchev–Trinajstić information content (AvgIpc) is 2.26. The topological polar surface area (TPSA) is 53.1 Å². The van der Waals surface area contributed by atoms with Gasteiger partial charge in [0.2, 0.25) is 0 Å². The molecule has 0 bridgehead atoms. The van der Waals surface area contributed by atoms with E-state index in [0.29, 0.717) is 12.1 Å². The molecule has 0 radical (unpaired) electrons. The van der Waals surface area contributed by atoms with Gasteiger partial charge in [-0.25, -0.2) is 0 Å². The van der Waals surface area contributed by atoms with Crippen molar-refractivity contribution in [3.8, 4) is 0 Å². The van der Waals surface area contributed by atoms with Crippen molar-refractivity contribution < 1.29 is 13.2 Å². The first-order chi connectivity index (χ1) is 8.74. The second-order valence-corrected chi connectivity index (χ2v) is 5.11. The minimum atomic E-state index is -4.32. The van der Waals surface area contributed by atoms with Crippen LogP contribution < -0.4 is 5.73 Å². The molecule has 0 fully saturated rings. The van der Waals surface area contributed by atoms with Crippen LogP contribution in [0.2, 0.25) is 0 Å². The van der Waals surface area contributed by atoms with Crippen molar-refractivity contribution >= 4 is 17.7 Å². The summed E-state index contributed by atoms with van der Waals surface area (Å²) in [7, 11) is 0. The number of hydrogen-bond donors (Lipinski definition) is 2. The molecule has 1 aromatic rings. The highest BCUT2D eigenvalue weighted by Gasteiger charge is 2.30. The van der Waals surface area contributed by atoms with E-state index in [9.17, 15) is 13.2 Å². The van der Waals surface area contributed by atoms with Gasteiger partial charge in [0, 0.05) is 18.0 Å². The fourth-order valence-electron chi connectivity index (χ4n) is 1.66. The van der Waals surface area contributed by atoms with Gasteiger partial charge in [0.25, 0.3) is 0 Å². The standard InChI is InChI=1S/C12H16F3N3S/c1-3-18(11(16)17)7-9-8(2)5-4-6-10(9)19-12(13,14)15/h4-6H,3,7H2,1-2H3,(H3,16,17). The average molecular weight is 291 g/mol. The second kappa shape index (κ2) is 6.18. The summed E-state index contributed by atoms with van der Waals surface area (Å²) in [6.45, 7) is 4.23. The molecule has 0 atom stereocenters. The largest absolute Gasteiger partial charge is 0.446 e. The number of halogens is 3. The van der Waals surface area contributed by atoms with Crippen LogP contribution in [0.1, 0.15) is 18.1 Å². The van der Waals surface area contributed by atoms with Crippen molar-refractivity contribution in [1.82, 2.24) is 4.90 Å². The maximum atomic E-state index is 12.5. The van der Waals surface area contributed by atoms with Crippen LogP contribution in [0.4, 0.5) is 13.2 Å². The van der Waals surface area contributed by atoms with E-state index in [1.54, 1.807) is 26.0 Å². The number of rotatable bonds is 4. The van der Waals surface area contributed by atoms with E-state index in [-0.39, 0.29) is 29.2 Å². The molecule has 0 saturated carbocycles. The zero-order chi connectivity index (χ0) is 14.6. The molecule has 0 aliphatic rings. The first kappa shape index (κ1) is 15.7. The van der Waals surface area contributed by atoms with Gasteiger partial charge in [-0.1, -0.05) is 12.1 Å². The Morgan fingerprint density at radius 3 is 2.53 bits per heavy atom. The number of nitrogens with one attached hydrogen (secondary N) is 1. The molecule has 0 heterocycles. The van der Waals surface area contributed by atoms with Gasteiger partial charge in [-0.3, -0.25) is 5.41 Å². The predicted octanol–water partition coefficient (Wildman–Crippen LogP) is 3.32. The minimum Gasteiger partial charge on any atom is -0.370 e. The molecular weight excluding hydrogens is 275 g/mol. The number of thioether (sulfide) groups is 1. The number of alkyl halides is 3. The highest BCUT2D eigenvalue weighted by molar-refractivity contribution is 8.00. The third kappa shape index (κ3) is 4.66. The van der Waals surface area contributed by atoms with Crippen LogP contribution in [-0.4, -0.2) is 22.9 Å². The van der Waals surface area contributed by atoms with Crippen molar-refractivity contribution in [2.24, 2.45) is 5.73 Å². The SMILES string of the molecule is CCN(Cc1c(C)cccc1SC(F)(F)F)C(=N)N. The van der Waals surface area contributed by atoms with Crippen LogP contribution in [-0.2, 0) is 6.54 Å². The maximum Gasteiger partial charge on any atom is 0.446 e. The van der Waals surface area contributed by atoms with Crippen molar-refractivity contribution in [1.29, 1.82) is 5.41 Å². The predicted molar refractivity (Wildman–Crippen MR) is 71.1 cm³/mol. The Kier molecular flexibility index (Phi) is 5.11. The molecule has 1 rings (SSSR count). The van der Waals surface area contributed by atoms with Gasteiger partial charge in [0.1, 0.15) is 0 Å². The van der Waals surface area contributed by atoms with E-state index in [1.165, 1.54) is 11.0 Å². The molecule has 0 aromatic heterocycles. The van der Waals surface area contributed by atoms with E-state index in [0.717, 1.165) is 5.56 Å². The van der Waals surface area contributed by atoms with E-state index in [2.05, 4.69) is 0 Å². The summed E-state index contributed by atoms with van der Waals surface area (Å²) in [6.07, 6.45) is 0. The molecule has 3 N–H and O–H groups in total. The second-order valence-electron chi connectivity index (χ2n) is 4.00. The molecule has 3 nitrogen and oxygen atoms in total. The van der Waals surface area contributed by atoms with Crippen molar-refractivity contribution in [3.63, 3.8) is 0 Å². The molecule has 19 heavy (non-hydrogen) atoms. The van der Waals surface area contributed by atoms with Gasteiger partial charge in [0.05, 0.1) is 0 Å². The fraction of sp³-hybridized carbons (Fsp3) is 0.417. The number of guanidine groups is 1. The molecule has 0 spiro atoms. The summed E-state index contributed by atoms with van der Waals surface area (Å²) in [6, 6.07) is 4.79. The number of hydrogen-bond acceptors (Lipinski definition) is 2. The van der Waals surface area contributed by atoms with Crippen LogP contribution in [0.3, 0.4) is 0 Å². The summed E-state index contributed by atoms with van der Waals surface area (Å²) >= 11 is -0.132. The van der Waals surface area contributed by atoms with Crippen LogP contribution in [0.5, 0.6) is 0 Å². The Bertz CT molecular complexity index is 460. The van der Waals surface area contributed by atoms with Gasteiger partial charge in [-0.15, -0.1) is 0 Å². The highest BCUT2D eigenvalue weighted by Crippen LogP contribution is 2.39. The molecule has 0 aliphatic heterocycles. The Morgan fingerprint density at radius 1 is 1.42 bits per heavy atom. The summed E-state index contributed by atoms with van der Waals surface area (Å²) in [5.41, 5.74) is 2.39. The Morgan fingerprint density at radius 2 is 2.05 bits per heavy atom. The molecule has 0 unspecified atom stereocenters. The van der Waals surface area contributed by atoms with Gasteiger partial charge in [-0.2, -0.15) is 13.2 Å². The quantitative estimate of drug-likeness (QED) is 0.508. The molecule has 1 aromatic carbocycles. The van der Waals surface area contributed by atoms with E-state index < -0.39 is 5.51 Å². The van der Waals surface area contributed by atoms with Gasteiger partial charge in [-0.05, 0) is 42.8 Å². The van der Waals surface area contributed by atoms with Crippen molar-refractivity contribution in [2.75, 3.05) is 6.54 Å². The first-order valence-electron chi connectivity index (χ1n) is 5.67. The Hall–Kier alpha value is -1.37. The number of nitrogens with zero attached hydrogens (tertiary/aromatic N) is 1. The lowest BCUT2D eigenvalue weighted by molar-refractivity contribution is -0.0328. The number of benzene rings is 1. The van der Waals surface area contributed by atoms with Gasteiger partial charge < -0.3 is 10.6 Å². The van der Waals surface area contributed by atoms with Crippen LogP contribution in [0, 0.1) is 12.3 Å². The lowest BCUT2D eigenvalue weighted by Gasteiger charge is -2.23. The van der Waals surface area contributed by atoms with Crippen LogP contribution in [0.25, 0.3) is 0 Å². The lowest BCUT2D eigenvalue weighted by Crippen LogP contribution is -2.36. The lowest BCUT2D eigenvalue weighted by atomic mass is 10.1. The zero-order valence-electron chi connectivity index (χ0n) is 10.7. The fourth-order valence-corrected chi connectivity index (χ4v) is 2.40. The van der Waals surface area contributed by atoms with Gasteiger partial charge >= 0.3 is 5.51 Å². The van der Waals surface area contributed by atoms with E-state index in [4.69, 9.17) is 11.1 Å². The smallest absolute Gasteiger partial charge is 0.370 e. The molecule has 106 valence electrons. The number of aryl methyl sites for hydroxylation is 1. The van der Waals surface area contributed by atoms with E-state index >= 15 is 0 Å². The number of nitrogens with two attached hydrogens (primary N) is 1. The molecule has 0 amide bonds. The minimum absolute atomic E-state index is 0.132. The summed E-state index contributed by atoms with van der Waals surface area (Å²) < 4.78 is 37.5. The third-order valence-corrected chi connectivity index (χ3v) is 3.50. The summed E-state index contributed by atoms with van der Waals surface area (Å²) in [5.74, 6) is -0.145. The first-order valence-corrected chi connectivity index (χ1v) is 6.49. The van der Waals surface area contributed by atoms with E-state index in [1.807, 2.05) is 0 Å². The van der Waals surface area contributed by atoms with Crippen LogP contribution in [0.15, 0.2) is 23.1 Å². The third-order valence-electron chi connectivity index (χ3n) is 2.66. The Balaban J connectivity index is 3.07. The molecule has 0 saturated heterocycles. The van der Waals surface area contributed by atoms with Gasteiger partial charge in [0.15, 0.2) is 5.96 Å². The Labute approximate surface area is 114 Å². The normalized spacial score (nSPS) is 11.4. The maximum absolute atomic E-state index is 12.5.